The third kappa shape index (κ3) is 5.61. The Bertz CT molecular complexity index is 883. The fraction of sp³-hybridized carbons (Fsp3) is 0.667. The molecule has 1 aromatic rings. The molecule has 2 fully saturated rings. The number of nitrogens with two attached hydrogens (primary N) is 1. The van der Waals surface area contributed by atoms with E-state index in [2.05, 4.69) is 5.32 Å². The van der Waals surface area contributed by atoms with Gasteiger partial charge in [-0.15, -0.1) is 0 Å². The Labute approximate surface area is 188 Å². The summed E-state index contributed by atoms with van der Waals surface area (Å²) in [5.74, 6) is 0. The molecule has 0 aromatic heterocycles. The second-order valence-corrected chi connectivity index (χ2v) is 9.33. The zero-order chi connectivity index (χ0) is 24.5. The van der Waals surface area contributed by atoms with Gasteiger partial charge in [-0.2, -0.15) is 0 Å². The van der Waals surface area contributed by atoms with Gasteiger partial charge in [-0.25, -0.2) is 13.6 Å². The number of hydrogen-bond donors (Lipinski definition) is 9. The molecule has 1 aromatic carbocycles. The zero-order valence-corrected chi connectivity index (χ0v) is 18.0. The van der Waals surface area contributed by atoms with Crippen LogP contribution in [0.1, 0.15) is 0 Å². The minimum absolute atomic E-state index is 0.139. The highest BCUT2D eigenvalue weighted by molar-refractivity contribution is 7.89. The molecule has 0 amide bonds. The van der Waals surface area contributed by atoms with Gasteiger partial charge in [-0.3, -0.25) is 0 Å². The van der Waals surface area contributed by atoms with Gasteiger partial charge < -0.3 is 55.3 Å². The highest BCUT2D eigenvalue weighted by Crippen LogP contribution is 2.29. The summed E-state index contributed by atoms with van der Waals surface area (Å²) >= 11 is 0. The summed E-state index contributed by atoms with van der Waals surface area (Å²) in [5.41, 5.74) is 0.309. The minimum Gasteiger partial charge on any atom is -0.394 e. The van der Waals surface area contributed by atoms with Gasteiger partial charge in [-0.1, -0.05) is 0 Å². The molecule has 15 heteroatoms. The number of rotatable bonds is 7. The molecule has 0 spiro atoms. The molecule has 2 aliphatic rings. The number of nitrogens with one attached hydrogen (secondary N) is 1. The molecule has 0 saturated carbocycles. The van der Waals surface area contributed by atoms with Crippen LogP contribution in [0.5, 0.6) is 0 Å². The van der Waals surface area contributed by atoms with Crippen molar-refractivity contribution in [2.45, 2.75) is 66.2 Å². The predicted molar refractivity (Wildman–Crippen MR) is 108 cm³/mol. The number of anilines is 1. The lowest BCUT2D eigenvalue weighted by Gasteiger charge is -2.46. The lowest BCUT2D eigenvalue weighted by atomic mass is 9.96. The summed E-state index contributed by atoms with van der Waals surface area (Å²) in [4.78, 5) is -0.139. The molecule has 10 atom stereocenters. The van der Waals surface area contributed by atoms with E-state index in [4.69, 9.17) is 19.3 Å². The molecule has 33 heavy (non-hydrogen) atoms. The third-order valence-electron chi connectivity index (χ3n) is 5.50. The molecule has 14 nitrogen and oxygen atoms in total. The molecular formula is C18H28N2O12S. The Morgan fingerprint density at radius 3 is 2.00 bits per heavy atom. The first-order chi connectivity index (χ1) is 15.5. The predicted octanol–water partition coefficient (Wildman–Crippen LogP) is -4.63. The maximum Gasteiger partial charge on any atom is 0.238 e. The Balaban J connectivity index is 1.71. The average Bonchev–Trinajstić information content (AvgIpc) is 2.78. The standard InChI is InChI=1S/C18H28N2O12S/c19-33(28,29)8-3-1-7(2-4-8)20-17-14(26)13(25)16(10(6-22)30-17)32-18-15(27)12(24)11(23)9(5-21)31-18/h1-4,9-18,20-27H,5-6H2,(H2,19,28,29)/t9-,10-,11+,12+,13-,14-,15-,16-,17?,18+/m1/s1. The minimum atomic E-state index is -3.90. The van der Waals surface area contributed by atoms with Gasteiger partial charge in [0.2, 0.25) is 10.0 Å². The van der Waals surface area contributed by atoms with E-state index in [1.807, 2.05) is 0 Å². The van der Waals surface area contributed by atoms with E-state index in [9.17, 15) is 44.2 Å². The van der Waals surface area contributed by atoms with E-state index < -0.39 is 84.6 Å². The zero-order valence-electron chi connectivity index (χ0n) is 17.2. The lowest BCUT2D eigenvalue weighted by Crippen LogP contribution is -2.65. The molecule has 0 bridgehead atoms. The smallest absolute Gasteiger partial charge is 0.238 e. The molecule has 188 valence electrons. The molecular weight excluding hydrogens is 468 g/mol. The van der Waals surface area contributed by atoms with Crippen LogP contribution in [0, 0.1) is 0 Å². The second kappa shape index (κ2) is 10.4. The Morgan fingerprint density at radius 2 is 1.45 bits per heavy atom. The van der Waals surface area contributed by atoms with Gasteiger partial charge in [0.05, 0.1) is 18.1 Å². The van der Waals surface area contributed by atoms with Crippen LogP contribution in [-0.4, -0.2) is 119 Å². The number of hydrogen-bond acceptors (Lipinski definition) is 13. The monoisotopic (exact) mass is 496 g/mol. The van der Waals surface area contributed by atoms with Crippen molar-refractivity contribution >= 4 is 15.7 Å². The van der Waals surface area contributed by atoms with Crippen molar-refractivity contribution in [1.82, 2.24) is 0 Å². The van der Waals surface area contributed by atoms with E-state index in [1.54, 1.807) is 0 Å². The van der Waals surface area contributed by atoms with Crippen molar-refractivity contribution in [2.24, 2.45) is 5.14 Å². The summed E-state index contributed by atoms with van der Waals surface area (Å²) < 4.78 is 39.0. The van der Waals surface area contributed by atoms with Gasteiger partial charge in [0.25, 0.3) is 0 Å². The summed E-state index contributed by atoms with van der Waals surface area (Å²) in [6.07, 6.45) is -15.2. The van der Waals surface area contributed by atoms with Gasteiger partial charge >= 0.3 is 0 Å². The number of ether oxygens (including phenoxy) is 3. The van der Waals surface area contributed by atoms with E-state index >= 15 is 0 Å². The van der Waals surface area contributed by atoms with E-state index in [1.165, 1.54) is 24.3 Å². The fourth-order valence-corrected chi connectivity index (χ4v) is 4.13. The molecule has 2 aliphatic heterocycles. The number of benzene rings is 1. The van der Waals surface area contributed by atoms with E-state index in [0.29, 0.717) is 5.69 Å². The first-order valence-corrected chi connectivity index (χ1v) is 11.5. The van der Waals surface area contributed by atoms with Gasteiger partial charge in [-0.05, 0) is 24.3 Å². The normalized spacial score (nSPS) is 39.9. The van der Waals surface area contributed by atoms with Crippen molar-refractivity contribution in [3.05, 3.63) is 24.3 Å². The number of sulfonamides is 1. The van der Waals surface area contributed by atoms with Crippen molar-refractivity contribution in [1.29, 1.82) is 0 Å². The molecule has 2 saturated heterocycles. The van der Waals surface area contributed by atoms with Crippen molar-refractivity contribution in [3.63, 3.8) is 0 Å². The molecule has 1 unspecified atom stereocenters. The first-order valence-electron chi connectivity index (χ1n) is 9.95. The maximum atomic E-state index is 11.4. The Hall–Kier alpha value is -1.47. The second-order valence-electron chi connectivity index (χ2n) is 7.77. The van der Waals surface area contributed by atoms with Crippen LogP contribution < -0.4 is 10.5 Å². The number of aliphatic hydroxyl groups excluding tert-OH is 7. The van der Waals surface area contributed by atoms with Gasteiger partial charge in [0.1, 0.15) is 48.8 Å². The van der Waals surface area contributed by atoms with Crippen LogP contribution >= 0.6 is 0 Å². The number of primary sulfonamides is 1. The number of aliphatic hydroxyl groups is 7. The van der Waals surface area contributed by atoms with Crippen molar-refractivity contribution in [2.75, 3.05) is 18.5 Å². The first kappa shape index (κ1) is 26.1. The maximum absolute atomic E-state index is 11.4. The molecule has 2 heterocycles. The SMILES string of the molecule is NS(=O)(=O)c1ccc(NC2O[C@H](CO)[C@@H](O[C@@H]3O[C@H](CO)[C@H](O)[C@H](O)[C@H]3O)[C@H](O)[C@H]2O)cc1. The Morgan fingerprint density at radius 1 is 0.848 bits per heavy atom. The quantitative estimate of drug-likeness (QED) is 0.173. The summed E-state index contributed by atoms with van der Waals surface area (Å²) in [6.45, 7) is -1.38. The molecule has 0 aliphatic carbocycles. The Kier molecular flexibility index (Phi) is 8.26. The van der Waals surface area contributed by atoms with E-state index in [-0.39, 0.29) is 4.90 Å². The highest BCUT2D eigenvalue weighted by Gasteiger charge is 2.50. The fourth-order valence-electron chi connectivity index (χ4n) is 3.61. The van der Waals surface area contributed by atoms with Crippen LogP contribution in [0.2, 0.25) is 0 Å². The summed E-state index contributed by atoms with van der Waals surface area (Å²) in [7, 11) is -3.90. The molecule has 0 radical (unpaired) electrons. The van der Waals surface area contributed by atoms with Crippen LogP contribution in [-0.2, 0) is 24.2 Å². The molecule has 10 N–H and O–H groups in total. The van der Waals surface area contributed by atoms with Gasteiger partial charge in [0.15, 0.2) is 12.5 Å². The average molecular weight is 496 g/mol. The topological polar surface area (TPSA) is 241 Å². The largest absolute Gasteiger partial charge is 0.394 e. The van der Waals surface area contributed by atoms with Crippen LogP contribution in [0.15, 0.2) is 29.2 Å². The summed E-state index contributed by atoms with van der Waals surface area (Å²) in [6, 6.07) is 5.15. The van der Waals surface area contributed by atoms with Crippen LogP contribution in [0.4, 0.5) is 5.69 Å². The third-order valence-corrected chi connectivity index (χ3v) is 6.43. The highest BCUT2D eigenvalue weighted by atomic mass is 32.2. The van der Waals surface area contributed by atoms with Crippen LogP contribution in [0.3, 0.4) is 0 Å². The van der Waals surface area contributed by atoms with Crippen LogP contribution in [0.25, 0.3) is 0 Å². The molecule has 3 rings (SSSR count). The summed E-state index contributed by atoms with van der Waals surface area (Å²) in [5, 5.41) is 77.8. The van der Waals surface area contributed by atoms with Crippen molar-refractivity contribution in [3.8, 4) is 0 Å². The van der Waals surface area contributed by atoms with Crippen molar-refractivity contribution < 1.29 is 58.4 Å². The lowest BCUT2D eigenvalue weighted by molar-refractivity contribution is -0.340. The van der Waals surface area contributed by atoms with Gasteiger partial charge in [0, 0.05) is 5.69 Å². The van der Waals surface area contributed by atoms with E-state index in [0.717, 1.165) is 0 Å².